The number of para-hydroxylation sites is 1. The number of aromatic amines is 1. The Balaban J connectivity index is 1.62. The number of phenols is 1. The van der Waals surface area contributed by atoms with Crippen LogP contribution in [0.15, 0.2) is 35.4 Å². The molecular formula is C14H14N4O2. The van der Waals surface area contributed by atoms with Crippen LogP contribution in [0.3, 0.4) is 0 Å². The Morgan fingerprint density at radius 3 is 3.00 bits per heavy atom. The molecule has 0 radical (unpaired) electrons. The van der Waals surface area contributed by atoms with Crippen LogP contribution in [0.2, 0.25) is 0 Å². The topological polar surface area (TPSA) is 90.4 Å². The molecule has 3 rings (SSSR count). The van der Waals surface area contributed by atoms with Gasteiger partial charge in [0.05, 0.1) is 6.21 Å². The first kappa shape index (κ1) is 12.4. The highest BCUT2D eigenvalue weighted by Crippen LogP contribution is 2.38. The van der Waals surface area contributed by atoms with Gasteiger partial charge in [-0.15, -0.1) is 0 Å². The zero-order chi connectivity index (χ0) is 13.9. The molecule has 6 nitrogen and oxygen atoms in total. The molecule has 1 aromatic heterocycles. The molecule has 0 aliphatic heterocycles. The molecule has 102 valence electrons. The Morgan fingerprint density at radius 2 is 2.25 bits per heavy atom. The van der Waals surface area contributed by atoms with Gasteiger partial charge in [-0.25, -0.2) is 5.43 Å². The smallest absolute Gasteiger partial charge is 0.291 e. The maximum absolute atomic E-state index is 11.8. The fraction of sp³-hybridized carbons (Fsp3) is 0.214. The van der Waals surface area contributed by atoms with Gasteiger partial charge in [0, 0.05) is 17.2 Å². The standard InChI is InChI=1S/C14H14N4O2/c19-13-4-2-1-3-10(13)8-15-18-14(20)12-7-11(16-17-12)9-5-6-9/h1-4,7-9,19H,5-6H2,(H,16,17)(H,18,20)/b15-8+. The van der Waals surface area contributed by atoms with E-state index < -0.39 is 0 Å². The molecule has 0 saturated heterocycles. The molecule has 0 unspecified atom stereocenters. The summed E-state index contributed by atoms with van der Waals surface area (Å²) in [5, 5.41) is 20.2. The summed E-state index contributed by atoms with van der Waals surface area (Å²) in [7, 11) is 0. The molecule has 20 heavy (non-hydrogen) atoms. The van der Waals surface area contributed by atoms with Crippen LogP contribution >= 0.6 is 0 Å². The molecule has 2 aromatic rings. The van der Waals surface area contributed by atoms with E-state index in [1.807, 2.05) is 0 Å². The van der Waals surface area contributed by atoms with Gasteiger partial charge < -0.3 is 5.11 Å². The summed E-state index contributed by atoms with van der Waals surface area (Å²) in [4.78, 5) is 11.8. The number of hydrogen-bond acceptors (Lipinski definition) is 4. The number of hydrogen-bond donors (Lipinski definition) is 3. The molecule has 1 amide bonds. The number of nitrogens with zero attached hydrogens (tertiary/aromatic N) is 2. The van der Waals surface area contributed by atoms with Crippen molar-refractivity contribution < 1.29 is 9.90 Å². The largest absolute Gasteiger partial charge is 0.507 e. The van der Waals surface area contributed by atoms with Gasteiger partial charge >= 0.3 is 0 Å². The number of rotatable bonds is 4. The molecule has 3 N–H and O–H groups in total. The number of amides is 1. The number of phenolic OH excluding ortho intramolecular Hbond substituents is 1. The van der Waals surface area contributed by atoms with Gasteiger partial charge in [-0.3, -0.25) is 9.89 Å². The van der Waals surface area contributed by atoms with E-state index in [1.54, 1.807) is 30.3 Å². The third kappa shape index (κ3) is 2.69. The Kier molecular flexibility index (Phi) is 3.20. The lowest BCUT2D eigenvalue weighted by Gasteiger charge is -1.97. The van der Waals surface area contributed by atoms with Crippen LogP contribution in [0.4, 0.5) is 0 Å². The Bertz CT molecular complexity index is 659. The maximum Gasteiger partial charge on any atom is 0.291 e. The quantitative estimate of drug-likeness (QED) is 0.584. The predicted molar refractivity (Wildman–Crippen MR) is 73.7 cm³/mol. The van der Waals surface area contributed by atoms with Crippen molar-refractivity contribution in [2.45, 2.75) is 18.8 Å². The van der Waals surface area contributed by atoms with E-state index in [2.05, 4.69) is 20.7 Å². The van der Waals surface area contributed by atoms with Crippen molar-refractivity contribution in [1.82, 2.24) is 15.6 Å². The maximum atomic E-state index is 11.8. The number of aromatic nitrogens is 2. The minimum Gasteiger partial charge on any atom is -0.507 e. The first-order valence-corrected chi connectivity index (χ1v) is 6.41. The molecule has 0 spiro atoms. The van der Waals surface area contributed by atoms with E-state index in [4.69, 9.17) is 0 Å². The van der Waals surface area contributed by atoms with Gasteiger partial charge in [-0.2, -0.15) is 10.2 Å². The molecule has 6 heteroatoms. The highest BCUT2D eigenvalue weighted by atomic mass is 16.3. The summed E-state index contributed by atoms with van der Waals surface area (Å²) in [6, 6.07) is 8.50. The third-order valence-electron chi connectivity index (χ3n) is 3.15. The summed E-state index contributed by atoms with van der Waals surface area (Å²) in [6.07, 6.45) is 3.69. The number of hydrazone groups is 1. The van der Waals surface area contributed by atoms with E-state index >= 15 is 0 Å². The van der Waals surface area contributed by atoms with Crippen LogP contribution in [-0.4, -0.2) is 27.4 Å². The minimum absolute atomic E-state index is 0.112. The van der Waals surface area contributed by atoms with Crippen LogP contribution in [-0.2, 0) is 0 Å². The van der Waals surface area contributed by atoms with E-state index in [1.165, 1.54) is 6.21 Å². The monoisotopic (exact) mass is 270 g/mol. The fourth-order valence-corrected chi connectivity index (χ4v) is 1.87. The Labute approximate surface area is 115 Å². The Morgan fingerprint density at radius 1 is 1.45 bits per heavy atom. The van der Waals surface area contributed by atoms with E-state index in [-0.39, 0.29) is 11.7 Å². The molecule has 1 aromatic carbocycles. The van der Waals surface area contributed by atoms with Gasteiger partial charge in [0.2, 0.25) is 0 Å². The number of carbonyl (C=O) groups is 1. The summed E-state index contributed by atoms with van der Waals surface area (Å²) >= 11 is 0. The molecule has 1 saturated carbocycles. The van der Waals surface area contributed by atoms with Crippen molar-refractivity contribution >= 4 is 12.1 Å². The summed E-state index contributed by atoms with van der Waals surface area (Å²) in [6.45, 7) is 0. The van der Waals surface area contributed by atoms with Crippen LogP contribution < -0.4 is 5.43 Å². The zero-order valence-electron chi connectivity index (χ0n) is 10.7. The molecule has 0 bridgehead atoms. The van der Waals surface area contributed by atoms with Crippen molar-refractivity contribution in [1.29, 1.82) is 0 Å². The number of H-pyrrole nitrogens is 1. The van der Waals surface area contributed by atoms with Crippen LogP contribution in [0.5, 0.6) is 5.75 Å². The molecule has 0 atom stereocenters. The van der Waals surface area contributed by atoms with Gasteiger partial charge in [0.15, 0.2) is 5.69 Å². The van der Waals surface area contributed by atoms with Crippen molar-refractivity contribution in [3.05, 3.63) is 47.3 Å². The van der Waals surface area contributed by atoms with Crippen molar-refractivity contribution in [3.63, 3.8) is 0 Å². The second kappa shape index (κ2) is 5.16. The second-order valence-corrected chi connectivity index (χ2v) is 4.74. The molecular weight excluding hydrogens is 256 g/mol. The summed E-state index contributed by atoms with van der Waals surface area (Å²) in [5.41, 5.74) is 4.24. The van der Waals surface area contributed by atoms with Crippen LogP contribution in [0.25, 0.3) is 0 Å². The Hall–Kier alpha value is -2.63. The average Bonchev–Trinajstić information content (AvgIpc) is 3.18. The molecule has 1 aliphatic carbocycles. The lowest BCUT2D eigenvalue weighted by molar-refractivity contribution is 0.0950. The second-order valence-electron chi connectivity index (χ2n) is 4.74. The van der Waals surface area contributed by atoms with Crippen molar-refractivity contribution in [3.8, 4) is 5.75 Å². The number of aromatic hydroxyl groups is 1. The number of carbonyl (C=O) groups excluding carboxylic acids is 1. The molecule has 1 heterocycles. The van der Waals surface area contributed by atoms with Crippen molar-refractivity contribution in [2.24, 2.45) is 5.10 Å². The minimum atomic E-state index is -0.375. The zero-order valence-corrected chi connectivity index (χ0v) is 10.7. The summed E-state index contributed by atoms with van der Waals surface area (Å²) < 4.78 is 0. The number of benzene rings is 1. The van der Waals surface area contributed by atoms with Crippen molar-refractivity contribution in [2.75, 3.05) is 0 Å². The highest BCUT2D eigenvalue weighted by molar-refractivity contribution is 5.93. The van der Waals surface area contributed by atoms with Crippen LogP contribution in [0, 0.1) is 0 Å². The van der Waals surface area contributed by atoms with E-state index in [0.717, 1.165) is 18.5 Å². The van der Waals surface area contributed by atoms with Gasteiger partial charge in [-0.05, 0) is 31.0 Å². The first-order valence-electron chi connectivity index (χ1n) is 6.41. The predicted octanol–water partition coefficient (Wildman–Crippen LogP) is 1.76. The van der Waals surface area contributed by atoms with Crippen LogP contribution in [0.1, 0.15) is 40.5 Å². The van der Waals surface area contributed by atoms with Gasteiger partial charge in [-0.1, -0.05) is 12.1 Å². The average molecular weight is 270 g/mol. The van der Waals surface area contributed by atoms with Gasteiger partial charge in [0.25, 0.3) is 5.91 Å². The fourth-order valence-electron chi connectivity index (χ4n) is 1.87. The lowest BCUT2D eigenvalue weighted by atomic mass is 10.2. The summed E-state index contributed by atoms with van der Waals surface area (Å²) in [5.74, 6) is 0.259. The highest BCUT2D eigenvalue weighted by Gasteiger charge is 2.26. The normalized spacial score (nSPS) is 14.6. The molecule has 1 aliphatic rings. The number of nitrogens with one attached hydrogen (secondary N) is 2. The first-order chi connectivity index (χ1) is 9.74. The lowest BCUT2D eigenvalue weighted by Crippen LogP contribution is -2.18. The van der Waals surface area contributed by atoms with E-state index in [0.29, 0.717) is 17.2 Å². The van der Waals surface area contributed by atoms with Gasteiger partial charge in [0.1, 0.15) is 5.75 Å². The molecule has 1 fully saturated rings. The van der Waals surface area contributed by atoms with E-state index in [9.17, 15) is 9.90 Å². The third-order valence-corrected chi connectivity index (χ3v) is 3.15. The SMILES string of the molecule is O=C(N/N=C/c1ccccc1O)c1cc(C2CC2)[nH]n1.